The number of benzene rings is 1. The number of aromatic nitrogens is 2. The third-order valence-electron chi connectivity index (χ3n) is 2.88. The van der Waals surface area contributed by atoms with Crippen molar-refractivity contribution in [3.63, 3.8) is 0 Å². The number of hydrogen-bond donors (Lipinski definition) is 2. The zero-order valence-electron chi connectivity index (χ0n) is 11.6. The van der Waals surface area contributed by atoms with E-state index in [0.717, 1.165) is 29.1 Å². The molecule has 0 aliphatic rings. The van der Waals surface area contributed by atoms with Crippen LogP contribution in [0.2, 0.25) is 0 Å². The summed E-state index contributed by atoms with van der Waals surface area (Å²) in [6, 6.07) is 9.87. The van der Waals surface area contributed by atoms with Crippen molar-refractivity contribution in [2.24, 2.45) is 0 Å². The van der Waals surface area contributed by atoms with Crippen LogP contribution < -0.4 is 5.32 Å². The lowest BCUT2D eigenvalue weighted by atomic mass is 10.2. The Labute approximate surface area is 123 Å². The topological polar surface area (TPSA) is 57.8 Å². The molecule has 0 spiro atoms. The van der Waals surface area contributed by atoms with Gasteiger partial charge in [-0.05, 0) is 17.7 Å². The largest absolute Gasteiger partial charge is 0.347 e. The Morgan fingerprint density at radius 1 is 1.35 bits per heavy atom. The van der Waals surface area contributed by atoms with Crippen molar-refractivity contribution in [1.29, 1.82) is 0 Å². The van der Waals surface area contributed by atoms with Gasteiger partial charge in [0.15, 0.2) is 0 Å². The third kappa shape index (κ3) is 4.13. The summed E-state index contributed by atoms with van der Waals surface area (Å²) in [6.07, 6.45) is 4.01. The molecule has 4 nitrogen and oxygen atoms in total. The highest BCUT2D eigenvalue weighted by molar-refractivity contribution is 7.99. The summed E-state index contributed by atoms with van der Waals surface area (Å²) < 4.78 is 0. The summed E-state index contributed by atoms with van der Waals surface area (Å²) in [5.41, 5.74) is 1.64. The van der Waals surface area contributed by atoms with Crippen LogP contribution in [0.1, 0.15) is 35.8 Å². The molecule has 20 heavy (non-hydrogen) atoms. The van der Waals surface area contributed by atoms with E-state index in [-0.39, 0.29) is 5.91 Å². The molecule has 106 valence electrons. The average Bonchev–Trinajstić information content (AvgIpc) is 2.95. The van der Waals surface area contributed by atoms with Gasteiger partial charge in [0, 0.05) is 6.54 Å². The molecule has 0 fully saturated rings. The maximum absolute atomic E-state index is 12.1. The maximum Gasteiger partial charge on any atom is 0.270 e. The molecule has 0 saturated heterocycles. The molecule has 1 heterocycles. The van der Waals surface area contributed by atoms with E-state index in [1.165, 1.54) is 0 Å². The SMILES string of the molecule is CCCCSc1cn[nH]c1C(=O)NCc1ccccc1. The summed E-state index contributed by atoms with van der Waals surface area (Å²) in [4.78, 5) is 13.1. The van der Waals surface area contributed by atoms with E-state index < -0.39 is 0 Å². The van der Waals surface area contributed by atoms with Gasteiger partial charge in [0.1, 0.15) is 5.69 Å². The van der Waals surface area contributed by atoms with Crippen molar-refractivity contribution in [3.05, 3.63) is 47.8 Å². The fraction of sp³-hybridized carbons (Fsp3) is 0.333. The van der Waals surface area contributed by atoms with Crippen LogP contribution >= 0.6 is 11.8 Å². The molecule has 0 saturated carbocycles. The van der Waals surface area contributed by atoms with E-state index in [2.05, 4.69) is 22.4 Å². The second-order valence-electron chi connectivity index (χ2n) is 4.48. The van der Waals surface area contributed by atoms with Crippen molar-refractivity contribution < 1.29 is 4.79 Å². The van der Waals surface area contributed by atoms with E-state index in [1.807, 2.05) is 30.3 Å². The minimum absolute atomic E-state index is 0.106. The number of nitrogens with zero attached hydrogens (tertiary/aromatic N) is 1. The lowest BCUT2D eigenvalue weighted by Crippen LogP contribution is -2.23. The predicted octanol–water partition coefficient (Wildman–Crippen LogP) is 3.23. The number of rotatable bonds is 7. The minimum atomic E-state index is -0.106. The molecule has 1 aromatic heterocycles. The normalized spacial score (nSPS) is 10.4. The van der Waals surface area contributed by atoms with Gasteiger partial charge in [0.2, 0.25) is 0 Å². The van der Waals surface area contributed by atoms with E-state index in [1.54, 1.807) is 18.0 Å². The number of H-pyrrole nitrogens is 1. The van der Waals surface area contributed by atoms with Gasteiger partial charge in [-0.3, -0.25) is 9.89 Å². The standard InChI is InChI=1S/C15H19N3OS/c1-2-3-9-20-13-11-17-18-14(13)15(19)16-10-12-7-5-4-6-8-12/h4-8,11H,2-3,9-10H2,1H3,(H,16,19)(H,17,18). The number of thioether (sulfide) groups is 1. The smallest absolute Gasteiger partial charge is 0.270 e. The van der Waals surface area contributed by atoms with Crippen LogP contribution in [0.3, 0.4) is 0 Å². The first kappa shape index (κ1) is 14.7. The first-order valence-corrected chi connectivity index (χ1v) is 7.78. The molecule has 0 radical (unpaired) electrons. The fourth-order valence-corrected chi connectivity index (χ4v) is 2.80. The summed E-state index contributed by atoms with van der Waals surface area (Å²) in [6.45, 7) is 2.68. The van der Waals surface area contributed by atoms with Crippen molar-refractivity contribution in [1.82, 2.24) is 15.5 Å². The molecule has 2 N–H and O–H groups in total. The Kier molecular flexibility index (Phi) is 5.68. The summed E-state index contributed by atoms with van der Waals surface area (Å²) in [7, 11) is 0. The highest BCUT2D eigenvalue weighted by atomic mass is 32.2. The van der Waals surface area contributed by atoms with Gasteiger partial charge in [0.05, 0.1) is 11.1 Å². The van der Waals surface area contributed by atoms with Crippen LogP contribution in [0, 0.1) is 0 Å². The molecule has 0 bridgehead atoms. The lowest BCUT2D eigenvalue weighted by molar-refractivity contribution is 0.0943. The second-order valence-corrected chi connectivity index (χ2v) is 5.62. The molecule has 0 unspecified atom stereocenters. The number of hydrogen-bond acceptors (Lipinski definition) is 3. The Bertz CT molecular complexity index is 539. The van der Waals surface area contributed by atoms with E-state index in [0.29, 0.717) is 12.2 Å². The van der Waals surface area contributed by atoms with E-state index >= 15 is 0 Å². The molecule has 1 aromatic carbocycles. The number of amides is 1. The molecule has 0 aliphatic heterocycles. The van der Waals surface area contributed by atoms with Crippen molar-refractivity contribution in [2.45, 2.75) is 31.2 Å². The Hall–Kier alpha value is -1.75. The van der Waals surface area contributed by atoms with Gasteiger partial charge in [-0.2, -0.15) is 5.10 Å². The zero-order chi connectivity index (χ0) is 14.2. The summed E-state index contributed by atoms with van der Waals surface area (Å²) in [5, 5.41) is 9.66. The first-order chi connectivity index (χ1) is 9.81. The number of nitrogens with one attached hydrogen (secondary N) is 2. The molecule has 0 atom stereocenters. The van der Waals surface area contributed by atoms with Crippen molar-refractivity contribution >= 4 is 17.7 Å². The molecular formula is C15H19N3OS. The minimum Gasteiger partial charge on any atom is -0.347 e. The molecule has 2 rings (SSSR count). The van der Waals surface area contributed by atoms with Crippen LogP contribution in [0.5, 0.6) is 0 Å². The Morgan fingerprint density at radius 3 is 2.90 bits per heavy atom. The summed E-state index contributed by atoms with van der Waals surface area (Å²) in [5.74, 6) is 0.903. The summed E-state index contributed by atoms with van der Waals surface area (Å²) >= 11 is 1.67. The Morgan fingerprint density at radius 2 is 2.15 bits per heavy atom. The van der Waals surface area contributed by atoms with Gasteiger partial charge in [0.25, 0.3) is 5.91 Å². The van der Waals surface area contributed by atoms with Crippen molar-refractivity contribution in [2.75, 3.05) is 5.75 Å². The number of aromatic amines is 1. The molecular weight excluding hydrogens is 270 g/mol. The second kappa shape index (κ2) is 7.75. The van der Waals surface area contributed by atoms with Crippen LogP contribution in [-0.2, 0) is 6.54 Å². The average molecular weight is 289 g/mol. The van der Waals surface area contributed by atoms with Gasteiger partial charge in [-0.25, -0.2) is 0 Å². The van der Waals surface area contributed by atoms with Gasteiger partial charge in [-0.1, -0.05) is 43.7 Å². The quantitative estimate of drug-likeness (QED) is 0.608. The first-order valence-electron chi connectivity index (χ1n) is 6.79. The van der Waals surface area contributed by atoms with Gasteiger partial charge < -0.3 is 5.32 Å². The van der Waals surface area contributed by atoms with Crippen LogP contribution in [0.4, 0.5) is 0 Å². The molecule has 0 aliphatic carbocycles. The third-order valence-corrected chi connectivity index (χ3v) is 4.00. The fourth-order valence-electron chi connectivity index (χ4n) is 1.74. The lowest BCUT2D eigenvalue weighted by Gasteiger charge is -2.05. The highest BCUT2D eigenvalue weighted by Gasteiger charge is 2.13. The highest BCUT2D eigenvalue weighted by Crippen LogP contribution is 2.21. The van der Waals surface area contributed by atoms with Crippen LogP contribution in [-0.4, -0.2) is 21.9 Å². The molecule has 5 heteroatoms. The van der Waals surface area contributed by atoms with E-state index in [4.69, 9.17) is 0 Å². The number of carbonyl (C=O) groups excluding carboxylic acids is 1. The van der Waals surface area contributed by atoms with Crippen LogP contribution in [0.15, 0.2) is 41.4 Å². The monoisotopic (exact) mass is 289 g/mol. The van der Waals surface area contributed by atoms with Gasteiger partial charge >= 0.3 is 0 Å². The maximum atomic E-state index is 12.1. The van der Waals surface area contributed by atoms with E-state index in [9.17, 15) is 4.79 Å². The zero-order valence-corrected chi connectivity index (χ0v) is 12.4. The number of unbranched alkanes of at least 4 members (excludes halogenated alkanes) is 1. The van der Waals surface area contributed by atoms with Crippen LogP contribution in [0.25, 0.3) is 0 Å². The number of carbonyl (C=O) groups is 1. The van der Waals surface area contributed by atoms with Crippen molar-refractivity contribution in [3.8, 4) is 0 Å². The molecule has 1 amide bonds. The Balaban J connectivity index is 1.90. The predicted molar refractivity (Wildman–Crippen MR) is 81.8 cm³/mol. The van der Waals surface area contributed by atoms with Gasteiger partial charge in [-0.15, -0.1) is 11.8 Å². The molecule has 2 aromatic rings.